The maximum atomic E-state index is 15.0. The van der Waals surface area contributed by atoms with Gasteiger partial charge >= 0.3 is 0 Å². The van der Waals surface area contributed by atoms with Gasteiger partial charge in [0.25, 0.3) is 10.0 Å². The summed E-state index contributed by atoms with van der Waals surface area (Å²) in [6.45, 7) is 3.65. The largest absolute Gasteiger partial charge is 0.494 e. The van der Waals surface area contributed by atoms with Crippen LogP contribution in [0.1, 0.15) is 31.4 Å². The third kappa shape index (κ3) is 8.95. The number of anilines is 1. The summed E-state index contributed by atoms with van der Waals surface area (Å²) < 4.78 is 50.5. The van der Waals surface area contributed by atoms with E-state index in [0.29, 0.717) is 29.8 Å². The molecule has 4 aromatic carbocycles. The van der Waals surface area contributed by atoms with E-state index in [1.54, 1.807) is 54.6 Å². The molecule has 0 saturated carbocycles. The number of ether oxygens (including phenoxy) is 1. The van der Waals surface area contributed by atoms with Crippen LogP contribution in [0.3, 0.4) is 0 Å². The van der Waals surface area contributed by atoms with Crippen LogP contribution in [0.4, 0.5) is 10.1 Å². The Kier molecular flexibility index (Phi) is 12.3. The molecular formula is C35H37BrFN3O5S. The number of carbonyl (C=O) groups is 2. The predicted octanol–water partition coefficient (Wildman–Crippen LogP) is 6.35. The van der Waals surface area contributed by atoms with E-state index in [1.165, 1.54) is 23.1 Å². The molecule has 1 N–H and O–H groups in total. The lowest BCUT2D eigenvalue weighted by atomic mass is 10.0. The summed E-state index contributed by atoms with van der Waals surface area (Å²) in [6, 6.07) is 26.6. The standard InChI is InChI=1S/C35H37BrFN3O5S/c1-3-22-38-35(42)33(23-26-10-6-5-7-11-26)39(24-27-12-8-9-13-32(27)37)34(41)25-40(29-16-18-30(19-17-29)45-4-2)46(43,44)31-20-14-28(36)15-21-31/h5-21,33H,3-4,22-25H2,1-2H3,(H,38,42)/t33-/m1/s1. The molecule has 0 heterocycles. The number of carbonyl (C=O) groups excluding carboxylic acids is 2. The zero-order chi connectivity index (χ0) is 33.1. The van der Waals surface area contributed by atoms with Crippen LogP contribution in [0.25, 0.3) is 0 Å². The Balaban J connectivity index is 1.80. The fourth-order valence-corrected chi connectivity index (χ4v) is 6.55. The van der Waals surface area contributed by atoms with Gasteiger partial charge in [-0.25, -0.2) is 12.8 Å². The van der Waals surface area contributed by atoms with Gasteiger partial charge in [-0.2, -0.15) is 0 Å². The molecule has 4 aromatic rings. The fourth-order valence-electron chi connectivity index (χ4n) is 4.87. The number of rotatable bonds is 15. The fraction of sp³-hybridized carbons (Fsp3) is 0.257. The second kappa shape index (κ2) is 16.4. The second-order valence-corrected chi connectivity index (χ2v) is 13.3. The molecule has 242 valence electrons. The van der Waals surface area contributed by atoms with Gasteiger partial charge in [0.05, 0.1) is 17.2 Å². The van der Waals surface area contributed by atoms with E-state index in [4.69, 9.17) is 4.74 Å². The summed E-state index contributed by atoms with van der Waals surface area (Å²) in [4.78, 5) is 29.4. The molecule has 0 radical (unpaired) electrons. The molecule has 0 aromatic heterocycles. The van der Waals surface area contributed by atoms with Crippen molar-refractivity contribution in [3.63, 3.8) is 0 Å². The van der Waals surface area contributed by atoms with Crippen molar-refractivity contribution >= 4 is 43.5 Å². The van der Waals surface area contributed by atoms with Crippen molar-refractivity contribution in [3.8, 4) is 5.75 Å². The van der Waals surface area contributed by atoms with E-state index in [9.17, 15) is 18.0 Å². The Bertz CT molecular complexity index is 1700. The molecule has 0 aliphatic heterocycles. The molecule has 46 heavy (non-hydrogen) atoms. The van der Waals surface area contributed by atoms with Gasteiger partial charge in [-0.15, -0.1) is 0 Å². The van der Waals surface area contributed by atoms with Crippen LogP contribution in [-0.2, 0) is 32.6 Å². The summed E-state index contributed by atoms with van der Waals surface area (Å²) in [6.07, 6.45) is 0.807. The highest BCUT2D eigenvalue weighted by atomic mass is 79.9. The molecule has 0 saturated heterocycles. The Morgan fingerprint density at radius 1 is 0.891 bits per heavy atom. The van der Waals surface area contributed by atoms with E-state index in [2.05, 4.69) is 21.2 Å². The van der Waals surface area contributed by atoms with Crippen LogP contribution in [0, 0.1) is 5.82 Å². The van der Waals surface area contributed by atoms with Crippen LogP contribution in [0.5, 0.6) is 5.75 Å². The van der Waals surface area contributed by atoms with Crippen LogP contribution in [-0.4, -0.2) is 50.9 Å². The molecule has 4 rings (SSSR count). The summed E-state index contributed by atoms with van der Waals surface area (Å²) in [5, 5.41) is 2.88. The quantitative estimate of drug-likeness (QED) is 0.155. The zero-order valence-electron chi connectivity index (χ0n) is 25.7. The van der Waals surface area contributed by atoms with Gasteiger partial charge in [0, 0.05) is 29.5 Å². The molecular weight excluding hydrogens is 673 g/mol. The number of nitrogens with one attached hydrogen (secondary N) is 1. The topological polar surface area (TPSA) is 96.0 Å². The number of hydrogen-bond donors (Lipinski definition) is 1. The first-order chi connectivity index (χ1) is 22.1. The van der Waals surface area contributed by atoms with Gasteiger partial charge in [0.2, 0.25) is 11.8 Å². The van der Waals surface area contributed by atoms with Crippen LogP contribution in [0.2, 0.25) is 0 Å². The third-order valence-electron chi connectivity index (χ3n) is 7.24. The minimum atomic E-state index is -4.28. The van der Waals surface area contributed by atoms with Crippen molar-refractivity contribution in [3.05, 3.63) is 125 Å². The summed E-state index contributed by atoms with van der Waals surface area (Å²) in [5.74, 6) is -1.10. The number of sulfonamides is 1. The van der Waals surface area contributed by atoms with Crippen molar-refractivity contribution in [1.82, 2.24) is 10.2 Å². The maximum Gasteiger partial charge on any atom is 0.264 e. The number of benzene rings is 4. The van der Waals surface area contributed by atoms with E-state index in [-0.39, 0.29) is 29.1 Å². The molecule has 0 fully saturated rings. The van der Waals surface area contributed by atoms with Crippen molar-refractivity contribution in [2.45, 2.75) is 44.2 Å². The highest BCUT2D eigenvalue weighted by Crippen LogP contribution is 2.28. The first-order valence-electron chi connectivity index (χ1n) is 15.0. The summed E-state index contributed by atoms with van der Waals surface area (Å²) in [5.41, 5.74) is 1.21. The van der Waals surface area contributed by atoms with E-state index < -0.39 is 40.2 Å². The summed E-state index contributed by atoms with van der Waals surface area (Å²) >= 11 is 3.34. The van der Waals surface area contributed by atoms with Crippen LogP contribution >= 0.6 is 15.9 Å². The van der Waals surface area contributed by atoms with Crippen molar-refractivity contribution in [2.24, 2.45) is 0 Å². The normalized spacial score (nSPS) is 11.8. The lowest BCUT2D eigenvalue weighted by Crippen LogP contribution is -2.53. The molecule has 11 heteroatoms. The Morgan fingerprint density at radius 3 is 2.17 bits per heavy atom. The number of halogens is 2. The molecule has 0 bridgehead atoms. The summed E-state index contributed by atoms with van der Waals surface area (Å²) in [7, 11) is -4.28. The SMILES string of the molecule is CCCNC(=O)[C@@H](Cc1ccccc1)N(Cc1ccccc1F)C(=O)CN(c1ccc(OCC)cc1)S(=O)(=O)c1ccc(Br)cc1. The van der Waals surface area contributed by atoms with Gasteiger partial charge in [0.1, 0.15) is 24.2 Å². The van der Waals surface area contributed by atoms with E-state index in [1.807, 2.05) is 44.2 Å². The van der Waals surface area contributed by atoms with Crippen molar-refractivity contribution in [1.29, 1.82) is 0 Å². The number of hydrogen-bond acceptors (Lipinski definition) is 5. The monoisotopic (exact) mass is 709 g/mol. The first kappa shape index (κ1) is 34.6. The average molecular weight is 711 g/mol. The lowest BCUT2D eigenvalue weighted by molar-refractivity contribution is -0.140. The maximum absolute atomic E-state index is 15.0. The first-order valence-corrected chi connectivity index (χ1v) is 17.2. The molecule has 0 aliphatic carbocycles. The highest BCUT2D eigenvalue weighted by Gasteiger charge is 2.35. The predicted molar refractivity (Wildman–Crippen MR) is 180 cm³/mol. The molecule has 0 unspecified atom stereocenters. The minimum Gasteiger partial charge on any atom is -0.494 e. The second-order valence-electron chi connectivity index (χ2n) is 10.5. The minimum absolute atomic E-state index is 0.0282. The Hall–Kier alpha value is -4.22. The van der Waals surface area contributed by atoms with Crippen LogP contribution in [0.15, 0.2) is 112 Å². The van der Waals surface area contributed by atoms with E-state index >= 15 is 4.39 Å². The smallest absolute Gasteiger partial charge is 0.264 e. The molecule has 8 nitrogen and oxygen atoms in total. The van der Waals surface area contributed by atoms with Gasteiger partial charge < -0.3 is 15.0 Å². The zero-order valence-corrected chi connectivity index (χ0v) is 28.1. The average Bonchev–Trinajstić information content (AvgIpc) is 3.06. The molecule has 1 atom stereocenters. The van der Waals surface area contributed by atoms with Gasteiger partial charge in [0.15, 0.2) is 0 Å². The van der Waals surface area contributed by atoms with Gasteiger partial charge in [-0.3, -0.25) is 13.9 Å². The Morgan fingerprint density at radius 2 is 1.54 bits per heavy atom. The van der Waals surface area contributed by atoms with E-state index in [0.717, 1.165) is 9.87 Å². The Labute approximate surface area is 278 Å². The van der Waals surface area contributed by atoms with Crippen molar-refractivity contribution in [2.75, 3.05) is 24.0 Å². The molecule has 0 spiro atoms. The third-order valence-corrected chi connectivity index (χ3v) is 9.55. The lowest BCUT2D eigenvalue weighted by Gasteiger charge is -2.34. The van der Waals surface area contributed by atoms with Gasteiger partial charge in [-0.05, 0) is 73.5 Å². The van der Waals surface area contributed by atoms with Gasteiger partial charge in [-0.1, -0.05) is 71.4 Å². The van der Waals surface area contributed by atoms with Crippen molar-refractivity contribution < 1.29 is 27.1 Å². The highest BCUT2D eigenvalue weighted by molar-refractivity contribution is 9.10. The number of nitrogens with zero attached hydrogens (tertiary/aromatic N) is 2. The van der Waals surface area contributed by atoms with Crippen LogP contribution < -0.4 is 14.4 Å². The number of amides is 2. The molecule has 0 aliphatic rings. The molecule has 2 amide bonds.